The van der Waals surface area contributed by atoms with E-state index in [-0.39, 0.29) is 11.8 Å². The lowest BCUT2D eigenvalue weighted by molar-refractivity contribution is -0.136. The number of aldehydes is 1. The highest BCUT2D eigenvalue weighted by Crippen LogP contribution is 2.38. The molecule has 2 heterocycles. The zero-order chi connectivity index (χ0) is 13.2. The Hall–Kier alpha value is -1.64. The highest BCUT2D eigenvalue weighted by Gasteiger charge is 2.42. The molecule has 2 bridgehead atoms. The Morgan fingerprint density at radius 2 is 1.79 bits per heavy atom. The SMILES string of the molecule is O=CC1C[C@H]2CC[C@@H](C1)N2C(=O)Cc1ccccc1. The van der Waals surface area contributed by atoms with Crippen molar-refractivity contribution in [2.45, 2.75) is 44.2 Å². The van der Waals surface area contributed by atoms with Gasteiger partial charge in [-0.1, -0.05) is 30.3 Å². The third-order valence-electron chi connectivity index (χ3n) is 4.45. The number of benzene rings is 1. The van der Waals surface area contributed by atoms with E-state index in [9.17, 15) is 9.59 Å². The smallest absolute Gasteiger partial charge is 0.227 e. The van der Waals surface area contributed by atoms with Crippen molar-refractivity contribution < 1.29 is 9.59 Å². The van der Waals surface area contributed by atoms with Gasteiger partial charge in [-0.25, -0.2) is 0 Å². The predicted molar refractivity (Wildman–Crippen MR) is 72.6 cm³/mol. The molecule has 0 aliphatic carbocycles. The van der Waals surface area contributed by atoms with Gasteiger partial charge in [-0.2, -0.15) is 0 Å². The number of rotatable bonds is 3. The second kappa shape index (κ2) is 5.16. The number of hydrogen-bond acceptors (Lipinski definition) is 2. The van der Waals surface area contributed by atoms with Gasteiger partial charge in [0.2, 0.25) is 5.91 Å². The highest BCUT2D eigenvalue weighted by atomic mass is 16.2. The average molecular weight is 257 g/mol. The molecule has 3 heteroatoms. The quantitative estimate of drug-likeness (QED) is 0.778. The molecule has 2 fully saturated rings. The van der Waals surface area contributed by atoms with Gasteiger partial charge in [0.25, 0.3) is 0 Å². The second-order valence-corrected chi connectivity index (χ2v) is 5.72. The number of piperidine rings is 1. The molecule has 2 aliphatic heterocycles. The first-order chi connectivity index (χ1) is 9.28. The maximum Gasteiger partial charge on any atom is 0.227 e. The molecule has 3 atom stereocenters. The van der Waals surface area contributed by atoms with Gasteiger partial charge in [0.05, 0.1) is 6.42 Å². The van der Waals surface area contributed by atoms with Gasteiger partial charge >= 0.3 is 0 Å². The van der Waals surface area contributed by atoms with Crippen molar-refractivity contribution in [3.05, 3.63) is 35.9 Å². The zero-order valence-corrected chi connectivity index (χ0v) is 11.0. The summed E-state index contributed by atoms with van der Waals surface area (Å²) < 4.78 is 0. The number of hydrogen-bond donors (Lipinski definition) is 0. The van der Waals surface area contributed by atoms with Crippen LogP contribution in [0.25, 0.3) is 0 Å². The summed E-state index contributed by atoms with van der Waals surface area (Å²) in [4.78, 5) is 25.5. The van der Waals surface area contributed by atoms with Gasteiger partial charge < -0.3 is 9.69 Å². The number of carbonyl (C=O) groups is 2. The molecule has 2 saturated heterocycles. The van der Waals surface area contributed by atoms with Crippen LogP contribution in [0.4, 0.5) is 0 Å². The first-order valence-corrected chi connectivity index (χ1v) is 7.08. The summed E-state index contributed by atoms with van der Waals surface area (Å²) >= 11 is 0. The Morgan fingerprint density at radius 1 is 1.16 bits per heavy atom. The minimum Gasteiger partial charge on any atom is -0.336 e. The van der Waals surface area contributed by atoms with Gasteiger partial charge in [-0.15, -0.1) is 0 Å². The molecule has 1 aromatic rings. The molecule has 3 nitrogen and oxygen atoms in total. The lowest BCUT2D eigenvalue weighted by atomic mass is 9.91. The number of carbonyl (C=O) groups excluding carboxylic acids is 2. The summed E-state index contributed by atoms with van der Waals surface area (Å²) in [6.45, 7) is 0. The molecule has 0 aromatic heterocycles. The van der Waals surface area contributed by atoms with Crippen molar-refractivity contribution in [1.82, 2.24) is 4.90 Å². The molecule has 1 aromatic carbocycles. The summed E-state index contributed by atoms with van der Waals surface area (Å²) in [5, 5.41) is 0. The Morgan fingerprint density at radius 3 is 2.37 bits per heavy atom. The van der Waals surface area contributed by atoms with E-state index in [2.05, 4.69) is 4.90 Å². The standard InChI is InChI=1S/C16H19NO2/c18-11-13-8-14-6-7-15(9-13)17(14)16(19)10-12-4-2-1-3-5-12/h1-5,11,13-15H,6-10H2/t13?,14-,15+. The Labute approximate surface area is 113 Å². The normalized spacial score (nSPS) is 29.3. The van der Waals surface area contributed by atoms with Gasteiger partial charge in [0.15, 0.2) is 0 Å². The highest BCUT2D eigenvalue weighted by molar-refractivity contribution is 5.80. The van der Waals surface area contributed by atoms with Crippen LogP contribution in [0, 0.1) is 5.92 Å². The molecule has 1 unspecified atom stereocenters. The summed E-state index contributed by atoms with van der Waals surface area (Å²) in [5.41, 5.74) is 1.07. The van der Waals surface area contributed by atoms with Crippen LogP contribution in [0.3, 0.4) is 0 Å². The van der Waals surface area contributed by atoms with E-state index in [1.165, 1.54) is 0 Å². The molecular formula is C16H19NO2. The van der Waals surface area contributed by atoms with E-state index >= 15 is 0 Å². The van der Waals surface area contributed by atoms with Crippen LogP contribution in [0.2, 0.25) is 0 Å². The molecule has 3 rings (SSSR count). The van der Waals surface area contributed by atoms with Crippen molar-refractivity contribution in [3.63, 3.8) is 0 Å². The Balaban J connectivity index is 1.70. The fraction of sp³-hybridized carbons (Fsp3) is 0.500. The Bertz CT molecular complexity index is 457. The zero-order valence-electron chi connectivity index (χ0n) is 11.0. The largest absolute Gasteiger partial charge is 0.336 e. The topological polar surface area (TPSA) is 37.4 Å². The molecule has 1 amide bonds. The lowest BCUT2D eigenvalue weighted by Crippen LogP contribution is -2.47. The molecule has 19 heavy (non-hydrogen) atoms. The molecule has 100 valence electrons. The maximum absolute atomic E-state index is 12.5. The monoisotopic (exact) mass is 257 g/mol. The summed E-state index contributed by atoms with van der Waals surface area (Å²) in [6.07, 6.45) is 5.41. The summed E-state index contributed by atoms with van der Waals surface area (Å²) in [7, 11) is 0. The van der Waals surface area contributed by atoms with Crippen LogP contribution in [-0.4, -0.2) is 29.2 Å². The first kappa shape index (κ1) is 12.4. The molecule has 0 radical (unpaired) electrons. The minimum absolute atomic E-state index is 0.165. The van der Waals surface area contributed by atoms with Crippen molar-refractivity contribution >= 4 is 12.2 Å². The van der Waals surface area contributed by atoms with Gasteiger partial charge in [0, 0.05) is 18.0 Å². The van der Waals surface area contributed by atoms with E-state index in [1.54, 1.807) is 0 Å². The molecule has 0 spiro atoms. The third kappa shape index (κ3) is 2.42. The third-order valence-corrected chi connectivity index (χ3v) is 4.45. The fourth-order valence-corrected chi connectivity index (χ4v) is 3.60. The van der Waals surface area contributed by atoms with Crippen LogP contribution in [-0.2, 0) is 16.0 Å². The van der Waals surface area contributed by atoms with Crippen molar-refractivity contribution in [2.24, 2.45) is 5.92 Å². The number of nitrogens with zero attached hydrogens (tertiary/aromatic N) is 1. The van der Waals surface area contributed by atoms with Crippen molar-refractivity contribution in [2.75, 3.05) is 0 Å². The van der Waals surface area contributed by atoms with E-state index < -0.39 is 0 Å². The van der Waals surface area contributed by atoms with Crippen molar-refractivity contribution in [3.8, 4) is 0 Å². The van der Waals surface area contributed by atoms with Crippen LogP contribution in [0.5, 0.6) is 0 Å². The minimum atomic E-state index is 0.165. The fourth-order valence-electron chi connectivity index (χ4n) is 3.60. The summed E-state index contributed by atoms with van der Waals surface area (Å²) in [5.74, 6) is 0.390. The summed E-state index contributed by atoms with van der Waals surface area (Å²) in [6, 6.07) is 10.5. The number of amides is 1. The van der Waals surface area contributed by atoms with E-state index in [0.717, 1.165) is 37.5 Å². The van der Waals surface area contributed by atoms with E-state index in [1.807, 2.05) is 30.3 Å². The van der Waals surface area contributed by atoms with Crippen LogP contribution in [0.1, 0.15) is 31.2 Å². The van der Waals surface area contributed by atoms with Crippen LogP contribution < -0.4 is 0 Å². The van der Waals surface area contributed by atoms with E-state index in [4.69, 9.17) is 0 Å². The Kier molecular flexibility index (Phi) is 3.36. The number of fused-ring (bicyclic) bond motifs is 2. The van der Waals surface area contributed by atoms with Crippen LogP contribution in [0.15, 0.2) is 30.3 Å². The van der Waals surface area contributed by atoms with Gasteiger partial charge in [0.1, 0.15) is 6.29 Å². The maximum atomic E-state index is 12.5. The first-order valence-electron chi connectivity index (χ1n) is 7.08. The van der Waals surface area contributed by atoms with Crippen molar-refractivity contribution in [1.29, 1.82) is 0 Å². The van der Waals surface area contributed by atoms with Gasteiger partial charge in [-0.05, 0) is 31.2 Å². The predicted octanol–water partition coefficient (Wildman–Crippen LogP) is 2.20. The molecular weight excluding hydrogens is 238 g/mol. The lowest BCUT2D eigenvalue weighted by Gasteiger charge is -2.37. The van der Waals surface area contributed by atoms with Crippen LogP contribution >= 0.6 is 0 Å². The molecule has 2 aliphatic rings. The molecule has 0 saturated carbocycles. The van der Waals surface area contributed by atoms with E-state index in [0.29, 0.717) is 18.5 Å². The average Bonchev–Trinajstić information content (AvgIpc) is 2.71. The second-order valence-electron chi connectivity index (χ2n) is 5.72. The van der Waals surface area contributed by atoms with Gasteiger partial charge in [-0.3, -0.25) is 4.79 Å². The molecule has 0 N–H and O–H groups in total.